The van der Waals surface area contributed by atoms with E-state index in [1.807, 2.05) is 19.1 Å². The molecule has 1 N–H and O–H groups in total. The Morgan fingerprint density at radius 2 is 1.67 bits per heavy atom. The fraction of sp³-hybridized carbons (Fsp3) is 0.387. The smallest absolute Gasteiger partial charge is 0.337 e. The van der Waals surface area contributed by atoms with Gasteiger partial charge < -0.3 is 13.9 Å². The molecule has 0 radical (unpaired) electrons. The highest BCUT2D eigenvalue weighted by Gasteiger charge is 2.37. The van der Waals surface area contributed by atoms with Gasteiger partial charge in [0.05, 0.1) is 30.5 Å². The largest absolute Gasteiger partial charge is 0.494 e. The van der Waals surface area contributed by atoms with Crippen LogP contribution in [0.2, 0.25) is 23.2 Å². The third-order valence-corrected chi connectivity index (χ3v) is 14.0. The maximum atomic E-state index is 15.3. The lowest BCUT2D eigenvalue weighted by molar-refractivity contribution is 0.0600. The SMILES string of the molecule is COC(=O)c1cc(Cl)c(OC)c(S(=O)(=O)Nc2cc(-c3ccccc3C(C)CCO[Si](C)(C)C(C)(C)C)c(F)cc2F)c1. The molecule has 0 aromatic heterocycles. The second kappa shape index (κ2) is 13.3. The van der Waals surface area contributed by atoms with Crippen LogP contribution in [0, 0.1) is 11.6 Å². The predicted molar refractivity (Wildman–Crippen MR) is 168 cm³/mol. The van der Waals surface area contributed by atoms with Gasteiger partial charge in [0.15, 0.2) is 14.1 Å². The van der Waals surface area contributed by atoms with E-state index in [1.165, 1.54) is 13.2 Å². The molecular weight excluding hydrogens is 616 g/mol. The normalized spacial score (nSPS) is 13.0. The van der Waals surface area contributed by atoms with Crippen molar-refractivity contribution in [1.29, 1.82) is 0 Å². The van der Waals surface area contributed by atoms with Crippen molar-refractivity contribution in [3.63, 3.8) is 0 Å². The Morgan fingerprint density at radius 1 is 1.02 bits per heavy atom. The Labute approximate surface area is 258 Å². The van der Waals surface area contributed by atoms with Gasteiger partial charge in [-0.05, 0) is 59.8 Å². The number of carbonyl (C=O) groups is 1. The van der Waals surface area contributed by atoms with Gasteiger partial charge in [0.2, 0.25) is 0 Å². The number of halogens is 3. The highest BCUT2D eigenvalue weighted by atomic mass is 35.5. The molecule has 1 unspecified atom stereocenters. The first-order chi connectivity index (χ1) is 19.9. The number of rotatable bonds is 11. The van der Waals surface area contributed by atoms with Gasteiger partial charge in [0, 0.05) is 18.2 Å². The van der Waals surface area contributed by atoms with Crippen LogP contribution in [0.5, 0.6) is 5.75 Å². The lowest BCUT2D eigenvalue weighted by atomic mass is 9.89. The number of sulfonamides is 1. The van der Waals surface area contributed by atoms with Gasteiger partial charge in [0.1, 0.15) is 16.5 Å². The average molecular weight is 654 g/mol. The van der Waals surface area contributed by atoms with Crippen molar-refractivity contribution < 1.29 is 35.9 Å². The maximum absolute atomic E-state index is 15.3. The van der Waals surface area contributed by atoms with Crippen molar-refractivity contribution in [2.45, 2.75) is 63.1 Å². The van der Waals surface area contributed by atoms with Crippen LogP contribution < -0.4 is 9.46 Å². The summed E-state index contributed by atoms with van der Waals surface area (Å²) in [7, 11) is -4.21. The predicted octanol–water partition coefficient (Wildman–Crippen LogP) is 8.40. The first-order valence-electron chi connectivity index (χ1n) is 13.6. The number of hydrogen-bond donors (Lipinski definition) is 1. The summed E-state index contributed by atoms with van der Waals surface area (Å²) in [5.41, 5.74) is 0.657. The van der Waals surface area contributed by atoms with Crippen LogP contribution in [0.25, 0.3) is 11.1 Å². The minimum atomic E-state index is -4.58. The van der Waals surface area contributed by atoms with Gasteiger partial charge in [-0.3, -0.25) is 4.72 Å². The number of nitrogens with one attached hydrogen (secondary N) is 1. The lowest BCUT2D eigenvalue weighted by Gasteiger charge is -2.36. The Kier molecular flexibility index (Phi) is 10.7. The summed E-state index contributed by atoms with van der Waals surface area (Å²) in [5.74, 6) is -3.13. The fourth-order valence-electron chi connectivity index (χ4n) is 4.27. The second-order valence-corrected chi connectivity index (χ2v) is 18.7. The average Bonchev–Trinajstić information content (AvgIpc) is 2.92. The van der Waals surface area contributed by atoms with E-state index in [0.29, 0.717) is 24.7 Å². The molecule has 43 heavy (non-hydrogen) atoms. The van der Waals surface area contributed by atoms with Crippen molar-refractivity contribution in [2.75, 3.05) is 25.5 Å². The molecule has 0 bridgehead atoms. The van der Waals surface area contributed by atoms with Crippen molar-refractivity contribution in [3.8, 4) is 16.9 Å². The van der Waals surface area contributed by atoms with E-state index in [2.05, 4.69) is 43.3 Å². The summed E-state index contributed by atoms with van der Waals surface area (Å²) in [5, 5.41) is -0.114. The summed E-state index contributed by atoms with van der Waals surface area (Å²) in [6, 6.07) is 11.1. The molecule has 3 rings (SSSR count). The number of methoxy groups -OCH3 is 2. The van der Waals surface area contributed by atoms with E-state index in [1.54, 1.807) is 12.1 Å². The van der Waals surface area contributed by atoms with Crippen LogP contribution in [-0.4, -0.2) is 43.5 Å². The molecular formula is C31H38ClF2NO6SSi. The highest BCUT2D eigenvalue weighted by Crippen LogP contribution is 2.39. The molecule has 0 fully saturated rings. The molecule has 7 nitrogen and oxygen atoms in total. The highest BCUT2D eigenvalue weighted by molar-refractivity contribution is 7.92. The number of anilines is 1. The van der Waals surface area contributed by atoms with E-state index in [4.69, 9.17) is 20.8 Å². The minimum absolute atomic E-state index is 0.0140. The molecule has 0 aliphatic heterocycles. The van der Waals surface area contributed by atoms with Crippen molar-refractivity contribution >= 4 is 41.6 Å². The number of esters is 1. The minimum Gasteiger partial charge on any atom is -0.494 e. The van der Waals surface area contributed by atoms with E-state index in [-0.39, 0.29) is 32.9 Å². The molecule has 0 saturated heterocycles. The van der Waals surface area contributed by atoms with Gasteiger partial charge in [-0.15, -0.1) is 0 Å². The zero-order chi connectivity index (χ0) is 32.3. The molecule has 0 aliphatic carbocycles. The number of benzene rings is 3. The van der Waals surface area contributed by atoms with Gasteiger partial charge in [-0.1, -0.05) is 63.6 Å². The Bertz CT molecular complexity index is 1610. The molecule has 0 amide bonds. The van der Waals surface area contributed by atoms with Crippen LogP contribution in [0.3, 0.4) is 0 Å². The Morgan fingerprint density at radius 3 is 2.28 bits per heavy atom. The molecule has 0 spiro atoms. The standard InChI is InChI=1S/C31H38ClF2NO6SSi/c1-19(13-14-41-43(7,8)31(2,3)4)21-11-9-10-12-22(21)23-17-27(26(34)18-25(23)33)35-42(37,38)28-16-20(30(36)40-6)15-24(32)29(28)39-5/h9-12,15-19,35H,13-14H2,1-8H3. The zero-order valence-electron chi connectivity index (χ0n) is 25.6. The van der Waals surface area contributed by atoms with Gasteiger partial charge in [0.25, 0.3) is 10.0 Å². The zero-order valence-corrected chi connectivity index (χ0v) is 28.2. The quantitative estimate of drug-likeness (QED) is 0.165. The van der Waals surface area contributed by atoms with Gasteiger partial charge >= 0.3 is 5.97 Å². The molecule has 3 aromatic rings. The lowest BCUT2D eigenvalue weighted by Crippen LogP contribution is -2.41. The number of ether oxygens (including phenoxy) is 2. The van der Waals surface area contributed by atoms with Crippen LogP contribution in [0.4, 0.5) is 14.5 Å². The summed E-state index contributed by atoms with van der Waals surface area (Å²) in [4.78, 5) is 11.6. The van der Waals surface area contributed by atoms with E-state index >= 15 is 8.78 Å². The topological polar surface area (TPSA) is 90.9 Å². The summed E-state index contributed by atoms with van der Waals surface area (Å²) in [6.45, 7) is 13.4. The molecule has 1 atom stereocenters. The Hall–Kier alpha value is -2.99. The molecule has 12 heteroatoms. The van der Waals surface area contributed by atoms with Crippen molar-refractivity contribution in [2.24, 2.45) is 0 Å². The molecule has 234 valence electrons. The van der Waals surface area contributed by atoms with Crippen molar-refractivity contribution in [1.82, 2.24) is 0 Å². The summed E-state index contributed by atoms with van der Waals surface area (Å²) in [6.07, 6.45) is 0.670. The van der Waals surface area contributed by atoms with Gasteiger partial charge in [-0.2, -0.15) is 0 Å². The van der Waals surface area contributed by atoms with Crippen LogP contribution in [0.1, 0.15) is 56.0 Å². The summed E-state index contributed by atoms with van der Waals surface area (Å²) >= 11 is 6.18. The van der Waals surface area contributed by atoms with Crippen LogP contribution >= 0.6 is 11.6 Å². The molecule has 0 heterocycles. The van der Waals surface area contributed by atoms with Crippen LogP contribution in [0.15, 0.2) is 53.4 Å². The third kappa shape index (κ3) is 7.75. The number of hydrogen-bond acceptors (Lipinski definition) is 6. The second-order valence-electron chi connectivity index (χ2n) is 11.8. The van der Waals surface area contributed by atoms with Crippen molar-refractivity contribution in [3.05, 3.63) is 76.3 Å². The first kappa shape index (κ1) is 34.5. The molecule has 0 saturated carbocycles. The summed E-state index contributed by atoms with van der Waals surface area (Å²) < 4.78 is 75.6. The fourth-order valence-corrected chi connectivity index (χ4v) is 6.96. The van der Waals surface area contributed by atoms with E-state index < -0.39 is 46.5 Å². The maximum Gasteiger partial charge on any atom is 0.337 e. The van der Waals surface area contributed by atoms with E-state index in [0.717, 1.165) is 24.8 Å². The molecule has 3 aromatic carbocycles. The molecule has 0 aliphatic rings. The monoisotopic (exact) mass is 653 g/mol. The van der Waals surface area contributed by atoms with Crippen LogP contribution in [-0.2, 0) is 19.2 Å². The Balaban J connectivity index is 2.00. The third-order valence-electron chi connectivity index (χ3n) is 7.83. The number of carbonyl (C=O) groups excluding carboxylic acids is 1. The van der Waals surface area contributed by atoms with E-state index in [9.17, 15) is 13.2 Å². The first-order valence-corrected chi connectivity index (χ1v) is 18.4. The van der Waals surface area contributed by atoms with Gasteiger partial charge in [-0.25, -0.2) is 22.0 Å².